The normalized spacial score (nSPS) is 16.8. The molecule has 1 heterocycles. The monoisotopic (exact) mass is 282 g/mol. The van der Waals surface area contributed by atoms with Crippen LogP contribution in [0.4, 0.5) is 16.2 Å². The van der Waals surface area contributed by atoms with E-state index in [1.807, 2.05) is 54.6 Å². The second-order valence-corrected chi connectivity index (χ2v) is 5.02. The molecule has 0 spiro atoms. The van der Waals surface area contributed by atoms with Gasteiger partial charge >= 0.3 is 6.03 Å². The number of urea groups is 1. The van der Waals surface area contributed by atoms with Gasteiger partial charge in [-0.3, -0.25) is 4.90 Å². The van der Waals surface area contributed by atoms with Crippen molar-refractivity contribution >= 4 is 17.4 Å². The third kappa shape index (κ3) is 2.84. The molecule has 1 aliphatic heterocycles. The van der Waals surface area contributed by atoms with Gasteiger partial charge < -0.3 is 10.1 Å². The van der Waals surface area contributed by atoms with Crippen LogP contribution in [-0.4, -0.2) is 18.7 Å². The van der Waals surface area contributed by atoms with Crippen molar-refractivity contribution in [3.8, 4) is 5.75 Å². The van der Waals surface area contributed by atoms with Crippen molar-refractivity contribution < 1.29 is 9.53 Å². The van der Waals surface area contributed by atoms with Gasteiger partial charge in [0, 0.05) is 5.69 Å². The van der Waals surface area contributed by atoms with E-state index in [2.05, 4.69) is 12.2 Å². The minimum atomic E-state index is -0.129. The lowest BCUT2D eigenvalue weighted by Crippen LogP contribution is -2.45. The van der Waals surface area contributed by atoms with E-state index in [1.54, 1.807) is 4.90 Å². The van der Waals surface area contributed by atoms with Crippen molar-refractivity contribution in [2.45, 2.75) is 19.4 Å². The molecule has 0 unspecified atom stereocenters. The number of hydrogen-bond acceptors (Lipinski definition) is 2. The van der Waals surface area contributed by atoms with Crippen LogP contribution in [-0.2, 0) is 0 Å². The average molecular weight is 282 g/mol. The Morgan fingerprint density at radius 1 is 1.19 bits per heavy atom. The molecule has 21 heavy (non-hydrogen) atoms. The van der Waals surface area contributed by atoms with Gasteiger partial charge in [-0.2, -0.15) is 0 Å². The highest BCUT2D eigenvalue weighted by molar-refractivity contribution is 6.03. The highest BCUT2D eigenvalue weighted by atomic mass is 16.5. The largest absolute Gasteiger partial charge is 0.486 e. The Balaban J connectivity index is 1.85. The summed E-state index contributed by atoms with van der Waals surface area (Å²) in [7, 11) is 0. The summed E-state index contributed by atoms with van der Waals surface area (Å²) in [5.41, 5.74) is 1.61. The average Bonchev–Trinajstić information content (AvgIpc) is 2.54. The first-order valence-corrected chi connectivity index (χ1v) is 7.17. The standard InChI is InChI=1S/C17H18N2O2/c1-2-14-12-19(15-10-6-7-11-16(15)21-14)17(20)18-13-8-4-3-5-9-13/h3-11,14H,2,12H2,1H3,(H,18,20)/t14-/m1/s1. The van der Waals surface area contributed by atoms with Crippen LogP contribution in [0.5, 0.6) is 5.75 Å². The summed E-state index contributed by atoms with van der Waals surface area (Å²) in [4.78, 5) is 14.3. The topological polar surface area (TPSA) is 41.6 Å². The number of ether oxygens (including phenoxy) is 1. The number of carbonyl (C=O) groups excluding carboxylic acids is 1. The maximum absolute atomic E-state index is 12.6. The first-order valence-electron chi connectivity index (χ1n) is 7.17. The SMILES string of the molecule is CC[C@@H]1CN(C(=O)Nc2ccccc2)c2ccccc2O1. The number of benzene rings is 2. The molecular formula is C17H18N2O2. The minimum Gasteiger partial charge on any atom is -0.486 e. The van der Waals surface area contributed by atoms with Crippen molar-refractivity contribution in [1.29, 1.82) is 0 Å². The van der Waals surface area contributed by atoms with E-state index in [9.17, 15) is 4.79 Å². The second kappa shape index (κ2) is 5.87. The maximum Gasteiger partial charge on any atom is 0.326 e. The van der Waals surface area contributed by atoms with E-state index in [-0.39, 0.29) is 12.1 Å². The Kier molecular flexibility index (Phi) is 3.77. The number of amides is 2. The number of hydrogen-bond donors (Lipinski definition) is 1. The summed E-state index contributed by atoms with van der Waals surface area (Å²) in [5.74, 6) is 0.763. The van der Waals surface area contributed by atoms with Gasteiger partial charge in [0.1, 0.15) is 11.9 Å². The van der Waals surface area contributed by atoms with Gasteiger partial charge in [0.05, 0.1) is 12.2 Å². The molecule has 0 radical (unpaired) electrons. The van der Waals surface area contributed by atoms with Crippen molar-refractivity contribution in [2.24, 2.45) is 0 Å². The Hall–Kier alpha value is -2.49. The Bertz CT molecular complexity index is 628. The summed E-state index contributed by atoms with van der Waals surface area (Å²) in [6.07, 6.45) is 0.894. The quantitative estimate of drug-likeness (QED) is 0.907. The summed E-state index contributed by atoms with van der Waals surface area (Å²) in [6.45, 7) is 2.62. The zero-order chi connectivity index (χ0) is 14.7. The molecule has 2 amide bonds. The Morgan fingerprint density at radius 3 is 2.67 bits per heavy atom. The van der Waals surface area contributed by atoms with Crippen LogP contribution in [0.3, 0.4) is 0 Å². The van der Waals surface area contributed by atoms with Gasteiger partial charge in [0.15, 0.2) is 0 Å². The van der Waals surface area contributed by atoms with Gasteiger partial charge in [0.25, 0.3) is 0 Å². The van der Waals surface area contributed by atoms with Crippen molar-refractivity contribution in [1.82, 2.24) is 0 Å². The molecule has 0 saturated carbocycles. The maximum atomic E-state index is 12.6. The zero-order valence-corrected chi connectivity index (χ0v) is 12.0. The van der Waals surface area contributed by atoms with E-state index >= 15 is 0 Å². The molecule has 0 bridgehead atoms. The molecule has 0 aliphatic carbocycles. The molecule has 0 aromatic heterocycles. The number of carbonyl (C=O) groups is 1. The van der Waals surface area contributed by atoms with E-state index in [1.165, 1.54) is 0 Å². The third-order valence-corrected chi connectivity index (χ3v) is 3.56. The number of nitrogens with one attached hydrogen (secondary N) is 1. The van der Waals surface area contributed by atoms with E-state index in [4.69, 9.17) is 4.74 Å². The second-order valence-electron chi connectivity index (χ2n) is 5.02. The fourth-order valence-corrected chi connectivity index (χ4v) is 2.42. The molecule has 2 aromatic rings. The first-order chi connectivity index (χ1) is 10.3. The lowest BCUT2D eigenvalue weighted by molar-refractivity contribution is 0.188. The number of nitrogens with zero attached hydrogens (tertiary/aromatic N) is 1. The zero-order valence-electron chi connectivity index (χ0n) is 12.0. The molecule has 4 heteroatoms. The van der Waals surface area contributed by atoms with Crippen LogP contribution in [0.15, 0.2) is 54.6 Å². The van der Waals surface area contributed by atoms with Crippen LogP contribution in [0.25, 0.3) is 0 Å². The van der Waals surface area contributed by atoms with Gasteiger partial charge in [-0.15, -0.1) is 0 Å². The van der Waals surface area contributed by atoms with Crippen LogP contribution >= 0.6 is 0 Å². The lowest BCUT2D eigenvalue weighted by atomic mass is 10.1. The van der Waals surface area contributed by atoms with Gasteiger partial charge in [-0.05, 0) is 30.7 Å². The molecule has 1 atom stereocenters. The molecule has 1 aliphatic rings. The predicted molar refractivity (Wildman–Crippen MR) is 84.0 cm³/mol. The molecular weight excluding hydrogens is 264 g/mol. The summed E-state index contributed by atoms with van der Waals surface area (Å²) < 4.78 is 5.89. The smallest absolute Gasteiger partial charge is 0.326 e. The highest BCUT2D eigenvalue weighted by Gasteiger charge is 2.28. The van der Waals surface area contributed by atoms with Crippen molar-refractivity contribution in [3.63, 3.8) is 0 Å². The molecule has 0 fully saturated rings. The first kappa shape index (κ1) is 13.5. The van der Waals surface area contributed by atoms with Gasteiger partial charge in [-0.25, -0.2) is 4.79 Å². The van der Waals surface area contributed by atoms with E-state index in [0.29, 0.717) is 6.54 Å². The van der Waals surface area contributed by atoms with Gasteiger partial charge in [-0.1, -0.05) is 37.3 Å². The van der Waals surface area contributed by atoms with Crippen LogP contribution in [0.2, 0.25) is 0 Å². The van der Waals surface area contributed by atoms with Crippen LogP contribution in [0.1, 0.15) is 13.3 Å². The molecule has 108 valence electrons. The summed E-state index contributed by atoms with van der Waals surface area (Å²) >= 11 is 0. The Morgan fingerprint density at radius 2 is 1.90 bits per heavy atom. The molecule has 3 rings (SSSR count). The molecule has 4 nitrogen and oxygen atoms in total. The van der Waals surface area contributed by atoms with Crippen LogP contribution < -0.4 is 15.0 Å². The van der Waals surface area contributed by atoms with Gasteiger partial charge in [0.2, 0.25) is 0 Å². The molecule has 2 aromatic carbocycles. The van der Waals surface area contributed by atoms with Crippen molar-refractivity contribution in [3.05, 3.63) is 54.6 Å². The Labute approximate surface area is 124 Å². The summed E-state index contributed by atoms with van der Waals surface area (Å²) in [6, 6.07) is 17.0. The number of rotatable bonds is 2. The molecule has 0 saturated heterocycles. The van der Waals surface area contributed by atoms with E-state index in [0.717, 1.165) is 23.5 Å². The fourth-order valence-electron chi connectivity index (χ4n) is 2.42. The predicted octanol–water partition coefficient (Wildman–Crippen LogP) is 3.90. The van der Waals surface area contributed by atoms with Crippen molar-refractivity contribution in [2.75, 3.05) is 16.8 Å². The minimum absolute atomic E-state index is 0.0291. The lowest BCUT2D eigenvalue weighted by Gasteiger charge is -2.34. The summed E-state index contributed by atoms with van der Waals surface area (Å²) in [5, 5.41) is 2.93. The number of anilines is 2. The van der Waals surface area contributed by atoms with E-state index < -0.39 is 0 Å². The van der Waals surface area contributed by atoms with Crippen LogP contribution in [0, 0.1) is 0 Å². The number of fused-ring (bicyclic) bond motifs is 1. The highest BCUT2D eigenvalue weighted by Crippen LogP contribution is 2.34. The third-order valence-electron chi connectivity index (χ3n) is 3.56. The fraction of sp³-hybridized carbons (Fsp3) is 0.235. The molecule has 1 N–H and O–H groups in total. The number of para-hydroxylation sites is 3.